The molecule has 0 amide bonds. The number of hydrogen-bond donors (Lipinski definition) is 1. The lowest BCUT2D eigenvalue weighted by atomic mass is 9.77. The Labute approximate surface area is 138 Å². The number of Topliss-reactive ketones (excluding diaryl/α,β-unsaturated/α-hetero) is 1. The number of carbonyl (C=O) groups is 1. The number of likely N-dealkylation sites (tertiary alicyclic amines) is 1. The Balaban J connectivity index is 0.00000161. The second kappa shape index (κ2) is 6.58. The Morgan fingerprint density at radius 2 is 2.05 bits per heavy atom. The van der Waals surface area contributed by atoms with Crippen LogP contribution in [0.5, 0.6) is 0 Å². The van der Waals surface area contributed by atoms with Crippen LogP contribution in [-0.2, 0) is 5.60 Å². The van der Waals surface area contributed by atoms with Crippen molar-refractivity contribution in [1.29, 1.82) is 0 Å². The van der Waals surface area contributed by atoms with Crippen molar-refractivity contribution in [3.8, 4) is 0 Å². The van der Waals surface area contributed by atoms with E-state index >= 15 is 0 Å². The maximum Gasteiger partial charge on any atom is 0.180 e. The number of ketones is 1. The van der Waals surface area contributed by atoms with Crippen LogP contribution < -0.4 is 0 Å². The van der Waals surface area contributed by atoms with Crippen LogP contribution in [0, 0.1) is 5.92 Å². The number of aliphatic hydroxyl groups is 1. The maximum atomic E-state index is 12.7. The van der Waals surface area contributed by atoms with Gasteiger partial charge in [-0.1, -0.05) is 12.1 Å². The van der Waals surface area contributed by atoms with E-state index in [1.54, 1.807) is 0 Å². The summed E-state index contributed by atoms with van der Waals surface area (Å²) in [6.07, 6.45) is 0.603. The van der Waals surface area contributed by atoms with Crippen molar-refractivity contribution in [2.24, 2.45) is 5.92 Å². The fourth-order valence-corrected chi connectivity index (χ4v) is 4.43. The van der Waals surface area contributed by atoms with Crippen LogP contribution in [0.15, 0.2) is 35.0 Å². The van der Waals surface area contributed by atoms with E-state index in [4.69, 9.17) is 0 Å². The number of nitrogens with zero attached hydrogens (tertiary/aromatic N) is 1. The summed E-state index contributed by atoms with van der Waals surface area (Å²) in [6, 6.07) is 7.60. The van der Waals surface area contributed by atoms with Crippen molar-refractivity contribution in [2.45, 2.75) is 12.0 Å². The fourth-order valence-electron chi connectivity index (χ4n) is 2.80. The van der Waals surface area contributed by atoms with E-state index in [0.717, 1.165) is 16.3 Å². The van der Waals surface area contributed by atoms with Gasteiger partial charge in [-0.05, 0) is 36.4 Å². The van der Waals surface area contributed by atoms with Crippen LogP contribution in [0.2, 0.25) is 0 Å². The van der Waals surface area contributed by atoms with Gasteiger partial charge in [-0.25, -0.2) is 0 Å². The molecule has 0 saturated carbocycles. The average Bonchev–Trinajstić information content (AvgIpc) is 3.13. The molecule has 0 spiro atoms. The number of carbonyl (C=O) groups excluding carboxylic acids is 1. The van der Waals surface area contributed by atoms with Crippen LogP contribution in [0.3, 0.4) is 0 Å². The van der Waals surface area contributed by atoms with E-state index in [9.17, 15) is 9.90 Å². The summed E-state index contributed by atoms with van der Waals surface area (Å²) >= 11 is 2.98. The van der Waals surface area contributed by atoms with Gasteiger partial charge < -0.3 is 10.0 Å². The van der Waals surface area contributed by atoms with E-state index in [1.807, 2.05) is 42.1 Å². The SMILES string of the molecule is CN1CCC(O)(c2cccs2)C(C(=O)c2cccs2)C1.Cl. The second-order valence-electron chi connectivity index (χ2n) is 5.31. The van der Waals surface area contributed by atoms with Crippen LogP contribution in [0.4, 0.5) is 0 Å². The molecule has 3 rings (SSSR count). The molecule has 2 aromatic rings. The fraction of sp³-hybridized carbons (Fsp3) is 0.400. The molecule has 6 heteroatoms. The Bertz CT molecular complexity index is 585. The van der Waals surface area contributed by atoms with Gasteiger partial charge in [0.05, 0.1) is 10.8 Å². The monoisotopic (exact) mass is 343 g/mol. The molecule has 0 radical (unpaired) electrons. The van der Waals surface area contributed by atoms with Crippen molar-refractivity contribution in [3.05, 3.63) is 44.8 Å². The van der Waals surface area contributed by atoms with E-state index in [1.165, 1.54) is 22.7 Å². The smallest absolute Gasteiger partial charge is 0.180 e. The largest absolute Gasteiger partial charge is 0.383 e. The molecule has 1 saturated heterocycles. The lowest BCUT2D eigenvalue weighted by Crippen LogP contribution is -2.51. The minimum absolute atomic E-state index is 0. The molecule has 1 N–H and O–H groups in total. The summed E-state index contributed by atoms with van der Waals surface area (Å²) in [6.45, 7) is 1.41. The molecule has 1 fully saturated rings. The highest BCUT2D eigenvalue weighted by molar-refractivity contribution is 7.12. The molecule has 1 aliphatic heterocycles. The highest BCUT2D eigenvalue weighted by Crippen LogP contribution is 2.41. The molecular weight excluding hydrogens is 326 g/mol. The van der Waals surface area contributed by atoms with E-state index < -0.39 is 11.5 Å². The summed E-state index contributed by atoms with van der Waals surface area (Å²) in [5.41, 5.74) is -1.03. The predicted octanol–water partition coefficient (Wildman–Crippen LogP) is 3.25. The molecule has 2 atom stereocenters. The molecule has 2 unspecified atom stereocenters. The highest BCUT2D eigenvalue weighted by Gasteiger charge is 2.47. The zero-order chi connectivity index (χ0) is 14.2. The Morgan fingerprint density at radius 1 is 1.33 bits per heavy atom. The molecule has 3 heterocycles. The maximum absolute atomic E-state index is 12.7. The predicted molar refractivity (Wildman–Crippen MR) is 89.7 cm³/mol. The standard InChI is InChI=1S/C15H17NO2S2.ClH/c1-16-7-6-15(18,13-5-3-9-20-13)11(10-16)14(17)12-4-2-8-19-12;/h2-5,8-9,11,18H,6-7,10H2,1H3;1H. The van der Waals surface area contributed by atoms with E-state index in [2.05, 4.69) is 4.90 Å². The Kier molecular flexibility index (Phi) is 5.22. The molecule has 114 valence electrons. The quantitative estimate of drug-likeness (QED) is 0.870. The molecule has 1 aliphatic rings. The zero-order valence-corrected chi connectivity index (χ0v) is 14.1. The lowest BCUT2D eigenvalue weighted by Gasteiger charge is -2.42. The zero-order valence-electron chi connectivity index (χ0n) is 11.7. The number of thiophene rings is 2. The molecule has 3 nitrogen and oxygen atoms in total. The van der Waals surface area contributed by atoms with Crippen LogP contribution in [0.1, 0.15) is 21.0 Å². The van der Waals surface area contributed by atoms with Crippen molar-refractivity contribution >= 4 is 40.9 Å². The molecule has 0 bridgehead atoms. The van der Waals surface area contributed by atoms with Crippen molar-refractivity contribution < 1.29 is 9.90 Å². The van der Waals surface area contributed by atoms with Crippen LogP contribution in [0.25, 0.3) is 0 Å². The first-order chi connectivity index (χ1) is 9.61. The third kappa shape index (κ3) is 3.07. The summed E-state index contributed by atoms with van der Waals surface area (Å²) in [4.78, 5) is 16.5. The van der Waals surface area contributed by atoms with Gasteiger partial charge in [-0.3, -0.25) is 4.79 Å². The van der Waals surface area contributed by atoms with E-state index in [-0.39, 0.29) is 18.2 Å². The highest BCUT2D eigenvalue weighted by atomic mass is 35.5. The molecular formula is C15H18ClNO2S2. The van der Waals surface area contributed by atoms with Crippen molar-refractivity contribution in [3.63, 3.8) is 0 Å². The van der Waals surface area contributed by atoms with Crippen LogP contribution in [-0.4, -0.2) is 35.9 Å². The first-order valence-electron chi connectivity index (χ1n) is 6.64. The summed E-state index contributed by atoms with van der Waals surface area (Å²) < 4.78 is 0. The van der Waals surface area contributed by atoms with Gasteiger partial charge in [0.25, 0.3) is 0 Å². The van der Waals surface area contributed by atoms with Gasteiger partial charge in [0.2, 0.25) is 0 Å². The number of rotatable bonds is 3. The summed E-state index contributed by atoms with van der Waals surface area (Å²) in [5.74, 6) is -0.332. The van der Waals surface area contributed by atoms with E-state index in [0.29, 0.717) is 13.0 Å². The second-order valence-corrected chi connectivity index (χ2v) is 7.20. The summed E-state index contributed by atoms with van der Waals surface area (Å²) in [7, 11) is 2.00. The lowest BCUT2D eigenvalue weighted by molar-refractivity contribution is -0.0565. The third-order valence-corrected chi connectivity index (χ3v) is 5.89. The molecule has 0 aromatic carbocycles. The number of hydrogen-bond acceptors (Lipinski definition) is 5. The van der Waals surface area contributed by atoms with Gasteiger partial charge in [0.1, 0.15) is 5.60 Å². The van der Waals surface area contributed by atoms with Gasteiger partial charge >= 0.3 is 0 Å². The summed E-state index contributed by atoms with van der Waals surface area (Å²) in [5, 5.41) is 15.0. The first kappa shape index (κ1) is 16.6. The normalized spacial score (nSPS) is 26.3. The molecule has 2 aromatic heterocycles. The van der Waals surface area contributed by atoms with Crippen molar-refractivity contribution in [2.75, 3.05) is 20.1 Å². The topological polar surface area (TPSA) is 40.5 Å². The van der Waals surface area contributed by atoms with Crippen molar-refractivity contribution in [1.82, 2.24) is 4.90 Å². The average molecular weight is 344 g/mol. The third-order valence-electron chi connectivity index (χ3n) is 3.97. The van der Waals surface area contributed by atoms with Gasteiger partial charge in [-0.2, -0.15) is 0 Å². The molecule has 0 aliphatic carbocycles. The number of piperidine rings is 1. The minimum Gasteiger partial charge on any atom is -0.383 e. The minimum atomic E-state index is -1.03. The first-order valence-corrected chi connectivity index (χ1v) is 8.40. The van der Waals surface area contributed by atoms with Gasteiger partial charge in [0.15, 0.2) is 5.78 Å². The van der Waals surface area contributed by atoms with Crippen LogP contribution >= 0.6 is 35.1 Å². The Morgan fingerprint density at radius 3 is 2.67 bits per heavy atom. The van der Waals surface area contributed by atoms with Gasteiger partial charge in [0, 0.05) is 18.0 Å². The molecule has 21 heavy (non-hydrogen) atoms. The van der Waals surface area contributed by atoms with Gasteiger partial charge in [-0.15, -0.1) is 35.1 Å². The Hall–Kier alpha value is -0.720. The number of halogens is 1.